The molecule has 19 heavy (non-hydrogen) atoms. The summed E-state index contributed by atoms with van der Waals surface area (Å²) in [6.45, 7) is 0.587. The molecule has 104 valence electrons. The summed E-state index contributed by atoms with van der Waals surface area (Å²) in [5.74, 6) is -0.326. The molecule has 8 nitrogen and oxygen atoms in total. The highest BCUT2D eigenvalue weighted by Crippen LogP contribution is 2.20. The number of nitrogens with zero attached hydrogens (tertiary/aromatic N) is 5. The van der Waals surface area contributed by atoms with Crippen molar-refractivity contribution in [2.24, 2.45) is 12.8 Å². The first-order valence-electron chi connectivity index (χ1n) is 6.03. The average Bonchev–Trinajstić information content (AvgIpc) is 2.81. The highest BCUT2D eigenvalue weighted by Gasteiger charge is 2.30. The van der Waals surface area contributed by atoms with Crippen molar-refractivity contribution in [3.63, 3.8) is 0 Å². The van der Waals surface area contributed by atoms with E-state index in [4.69, 9.17) is 5.73 Å². The number of thioether (sulfide) groups is 1. The lowest BCUT2D eigenvalue weighted by molar-refractivity contribution is -0.138. The van der Waals surface area contributed by atoms with E-state index in [0.717, 1.165) is 12.8 Å². The molecule has 9 heteroatoms. The molecule has 0 saturated carbocycles. The Morgan fingerprint density at radius 2 is 2.26 bits per heavy atom. The van der Waals surface area contributed by atoms with Crippen molar-refractivity contribution in [1.29, 1.82) is 0 Å². The van der Waals surface area contributed by atoms with Crippen molar-refractivity contribution in [1.82, 2.24) is 25.1 Å². The number of amides is 2. The van der Waals surface area contributed by atoms with Crippen molar-refractivity contribution in [3.05, 3.63) is 0 Å². The number of rotatable bonds is 4. The molecule has 1 saturated heterocycles. The van der Waals surface area contributed by atoms with Gasteiger partial charge in [0.15, 0.2) is 0 Å². The van der Waals surface area contributed by atoms with E-state index in [9.17, 15) is 9.59 Å². The van der Waals surface area contributed by atoms with Crippen LogP contribution >= 0.6 is 11.8 Å². The van der Waals surface area contributed by atoms with E-state index in [2.05, 4.69) is 15.5 Å². The van der Waals surface area contributed by atoms with Gasteiger partial charge in [-0.2, -0.15) is 0 Å². The van der Waals surface area contributed by atoms with E-state index in [1.165, 1.54) is 16.4 Å². The Bertz CT molecular complexity index is 476. The number of hydrogen-bond acceptors (Lipinski definition) is 6. The Hall–Kier alpha value is -1.64. The van der Waals surface area contributed by atoms with Crippen LogP contribution in [0.25, 0.3) is 0 Å². The zero-order valence-corrected chi connectivity index (χ0v) is 11.5. The standard InChI is InChI=1S/C10H16N6O2S/c1-15-10(12-13-14-15)19-6-8(17)16-5-3-2-4-7(16)9(11)18/h7H,2-6H2,1H3,(H2,11,18)/t7-/m1/s1. The molecule has 1 atom stereocenters. The molecule has 0 bridgehead atoms. The second kappa shape index (κ2) is 6.00. The number of tetrazole rings is 1. The van der Waals surface area contributed by atoms with Crippen LogP contribution in [-0.2, 0) is 16.6 Å². The SMILES string of the molecule is Cn1nnnc1SCC(=O)N1CCCC[C@@H]1C(N)=O. The Labute approximate surface area is 114 Å². The highest BCUT2D eigenvalue weighted by molar-refractivity contribution is 7.99. The number of aromatic nitrogens is 4. The zero-order valence-electron chi connectivity index (χ0n) is 10.7. The number of piperidine rings is 1. The number of nitrogens with two attached hydrogens (primary N) is 1. The fourth-order valence-corrected chi connectivity index (χ4v) is 2.81. The van der Waals surface area contributed by atoms with Gasteiger partial charge >= 0.3 is 0 Å². The van der Waals surface area contributed by atoms with Crippen LogP contribution in [0.3, 0.4) is 0 Å². The average molecular weight is 284 g/mol. The Morgan fingerprint density at radius 3 is 2.89 bits per heavy atom. The lowest BCUT2D eigenvalue weighted by atomic mass is 10.0. The van der Waals surface area contributed by atoms with Crippen LogP contribution in [0.4, 0.5) is 0 Å². The van der Waals surface area contributed by atoms with Gasteiger partial charge in [0.25, 0.3) is 0 Å². The molecule has 0 aliphatic carbocycles. The summed E-state index contributed by atoms with van der Waals surface area (Å²) in [6.07, 6.45) is 2.49. The molecule has 2 N–H and O–H groups in total. The van der Waals surface area contributed by atoms with Crippen LogP contribution in [0.5, 0.6) is 0 Å². The van der Waals surface area contributed by atoms with E-state index >= 15 is 0 Å². The summed E-state index contributed by atoms with van der Waals surface area (Å²) in [4.78, 5) is 25.1. The number of primary amides is 1. The second-order valence-electron chi connectivity index (χ2n) is 4.37. The van der Waals surface area contributed by atoms with Crippen molar-refractivity contribution in [2.75, 3.05) is 12.3 Å². The van der Waals surface area contributed by atoms with Gasteiger partial charge in [-0.3, -0.25) is 9.59 Å². The normalized spacial score (nSPS) is 19.4. The van der Waals surface area contributed by atoms with Gasteiger partial charge in [0.1, 0.15) is 6.04 Å². The quantitative estimate of drug-likeness (QED) is 0.723. The Balaban J connectivity index is 1.94. The fourth-order valence-electron chi connectivity index (χ4n) is 2.08. The third-order valence-electron chi connectivity index (χ3n) is 3.06. The molecule has 0 aromatic carbocycles. The first-order valence-corrected chi connectivity index (χ1v) is 7.02. The maximum Gasteiger partial charge on any atom is 0.240 e. The molecule has 1 aliphatic heterocycles. The van der Waals surface area contributed by atoms with E-state index in [1.54, 1.807) is 11.9 Å². The van der Waals surface area contributed by atoms with Gasteiger partial charge in [-0.25, -0.2) is 4.68 Å². The zero-order chi connectivity index (χ0) is 13.8. The number of hydrogen-bond donors (Lipinski definition) is 1. The molecule has 0 unspecified atom stereocenters. The molecule has 1 aromatic heterocycles. The summed E-state index contributed by atoms with van der Waals surface area (Å²) in [5.41, 5.74) is 5.33. The largest absolute Gasteiger partial charge is 0.368 e. The summed E-state index contributed by atoms with van der Waals surface area (Å²) < 4.78 is 1.50. The van der Waals surface area contributed by atoms with Crippen molar-refractivity contribution < 1.29 is 9.59 Å². The number of likely N-dealkylation sites (tertiary alicyclic amines) is 1. The highest BCUT2D eigenvalue weighted by atomic mass is 32.2. The smallest absolute Gasteiger partial charge is 0.240 e. The summed E-state index contributed by atoms with van der Waals surface area (Å²) in [6, 6.07) is -0.473. The van der Waals surface area contributed by atoms with Gasteiger partial charge in [-0.05, 0) is 29.7 Å². The molecule has 2 heterocycles. The number of aryl methyl sites for hydroxylation is 1. The minimum absolute atomic E-state index is 0.100. The Kier molecular flexibility index (Phi) is 4.35. The van der Waals surface area contributed by atoms with E-state index < -0.39 is 11.9 Å². The van der Waals surface area contributed by atoms with Gasteiger partial charge in [0.2, 0.25) is 17.0 Å². The van der Waals surface area contributed by atoms with E-state index in [-0.39, 0.29) is 11.7 Å². The third kappa shape index (κ3) is 3.22. The van der Waals surface area contributed by atoms with Crippen LogP contribution < -0.4 is 5.73 Å². The van der Waals surface area contributed by atoms with E-state index in [0.29, 0.717) is 18.1 Å². The van der Waals surface area contributed by atoms with Crippen LogP contribution in [0.15, 0.2) is 5.16 Å². The first-order chi connectivity index (χ1) is 9.09. The molecule has 1 aliphatic rings. The van der Waals surface area contributed by atoms with Gasteiger partial charge in [0.05, 0.1) is 5.75 Å². The lowest BCUT2D eigenvalue weighted by Crippen LogP contribution is -2.51. The van der Waals surface area contributed by atoms with Crippen molar-refractivity contribution >= 4 is 23.6 Å². The molecule has 2 rings (SSSR count). The minimum atomic E-state index is -0.473. The van der Waals surface area contributed by atoms with Gasteiger partial charge in [-0.1, -0.05) is 11.8 Å². The number of carbonyl (C=O) groups excluding carboxylic acids is 2. The van der Waals surface area contributed by atoms with Gasteiger partial charge in [0, 0.05) is 13.6 Å². The fraction of sp³-hybridized carbons (Fsp3) is 0.700. The lowest BCUT2D eigenvalue weighted by Gasteiger charge is -2.33. The van der Waals surface area contributed by atoms with Crippen LogP contribution in [0.1, 0.15) is 19.3 Å². The predicted molar refractivity (Wildman–Crippen MR) is 68.1 cm³/mol. The molecule has 0 spiro atoms. The van der Waals surface area contributed by atoms with Gasteiger partial charge < -0.3 is 10.6 Å². The first kappa shape index (κ1) is 13.8. The maximum absolute atomic E-state index is 12.1. The second-order valence-corrected chi connectivity index (χ2v) is 5.32. The summed E-state index contributed by atoms with van der Waals surface area (Å²) in [5, 5.41) is 11.5. The van der Waals surface area contributed by atoms with E-state index in [1.807, 2.05) is 0 Å². The monoisotopic (exact) mass is 284 g/mol. The Morgan fingerprint density at radius 1 is 1.47 bits per heavy atom. The molecule has 1 aromatic rings. The summed E-state index contributed by atoms with van der Waals surface area (Å²) >= 11 is 1.25. The topological polar surface area (TPSA) is 107 Å². The molecule has 1 fully saturated rings. The molecule has 0 radical (unpaired) electrons. The van der Waals surface area contributed by atoms with Gasteiger partial charge in [-0.15, -0.1) is 5.10 Å². The molecule has 2 amide bonds. The van der Waals surface area contributed by atoms with Crippen molar-refractivity contribution in [3.8, 4) is 0 Å². The molecular formula is C10H16N6O2S. The summed E-state index contributed by atoms with van der Waals surface area (Å²) in [7, 11) is 1.71. The molecular weight excluding hydrogens is 268 g/mol. The maximum atomic E-state index is 12.1. The van der Waals surface area contributed by atoms with Crippen LogP contribution in [0, 0.1) is 0 Å². The third-order valence-corrected chi connectivity index (χ3v) is 4.05. The van der Waals surface area contributed by atoms with Crippen LogP contribution in [0.2, 0.25) is 0 Å². The minimum Gasteiger partial charge on any atom is -0.368 e. The van der Waals surface area contributed by atoms with Crippen LogP contribution in [-0.4, -0.2) is 55.3 Å². The van der Waals surface area contributed by atoms with Crippen molar-refractivity contribution in [2.45, 2.75) is 30.5 Å². The number of carbonyl (C=O) groups is 2. The predicted octanol–water partition coefficient (Wildman–Crippen LogP) is -0.831.